The fourth-order valence-electron chi connectivity index (χ4n) is 1.40. The smallest absolute Gasteiger partial charge is 0.0834 e. The summed E-state index contributed by atoms with van der Waals surface area (Å²) in [5, 5.41) is 15.6. The molecule has 0 aliphatic rings. The van der Waals surface area contributed by atoms with Crippen molar-refractivity contribution in [2.24, 2.45) is 20.7 Å². The molecule has 0 aliphatic heterocycles. The Morgan fingerprint density at radius 3 is 1.40 bits per heavy atom. The van der Waals surface area contributed by atoms with E-state index in [1.807, 2.05) is 60.7 Å². The molecule has 0 amide bonds. The first-order chi connectivity index (χ1) is 9.95. The molecule has 20 heavy (non-hydrogen) atoms. The molecule has 2 aromatic rings. The molecular weight excluding hydrogens is 252 g/mol. The van der Waals surface area contributed by atoms with E-state index in [-0.39, 0.29) is 0 Å². The number of hydrogen-bond donors (Lipinski definition) is 2. The summed E-state index contributed by atoms with van der Waals surface area (Å²) in [6, 6.07) is 19.3. The molecule has 0 heterocycles. The number of para-hydroxylation sites is 2. The van der Waals surface area contributed by atoms with E-state index >= 15 is 0 Å². The van der Waals surface area contributed by atoms with E-state index in [4.69, 9.17) is 0 Å². The zero-order valence-corrected chi connectivity index (χ0v) is 11.0. The maximum absolute atomic E-state index is 3.94. The van der Waals surface area contributed by atoms with E-state index in [1.54, 1.807) is 0 Å². The van der Waals surface area contributed by atoms with Crippen LogP contribution in [0.1, 0.15) is 0 Å². The topological polar surface area (TPSA) is 73.5 Å². The molecule has 6 heteroatoms. The minimum atomic E-state index is 0.486. The fourth-order valence-corrected chi connectivity index (χ4v) is 1.40. The molecule has 0 radical (unpaired) electrons. The highest BCUT2D eigenvalue weighted by atomic mass is 15.4. The Kier molecular flexibility index (Phi) is 5.71. The van der Waals surface area contributed by atoms with Crippen molar-refractivity contribution >= 4 is 11.4 Å². The van der Waals surface area contributed by atoms with Crippen LogP contribution in [0.25, 0.3) is 0 Å². The van der Waals surface area contributed by atoms with Gasteiger partial charge in [-0.3, -0.25) is 10.9 Å². The molecule has 0 aromatic heterocycles. The SMILES string of the molecule is c1ccc(NN=NCCN=NNc2ccccc2)cc1. The first-order valence-electron chi connectivity index (χ1n) is 6.30. The molecule has 0 fully saturated rings. The average Bonchev–Trinajstić information content (AvgIpc) is 2.52. The summed E-state index contributed by atoms with van der Waals surface area (Å²) < 4.78 is 0. The van der Waals surface area contributed by atoms with Gasteiger partial charge in [0, 0.05) is 0 Å². The second-order valence-corrected chi connectivity index (χ2v) is 3.89. The van der Waals surface area contributed by atoms with Crippen molar-refractivity contribution in [2.45, 2.75) is 0 Å². The van der Waals surface area contributed by atoms with E-state index in [0.29, 0.717) is 13.1 Å². The predicted molar refractivity (Wildman–Crippen MR) is 79.6 cm³/mol. The number of benzene rings is 2. The molecule has 0 bridgehead atoms. The van der Waals surface area contributed by atoms with Gasteiger partial charge in [0.05, 0.1) is 24.5 Å². The van der Waals surface area contributed by atoms with Gasteiger partial charge in [0.15, 0.2) is 0 Å². The molecule has 6 nitrogen and oxygen atoms in total. The van der Waals surface area contributed by atoms with E-state index in [1.165, 1.54) is 0 Å². The van der Waals surface area contributed by atoms with Crippen LogP contribution in [0.4, 0.5) is 11.4 Å². The van der Waals surface area contributed by atoms with Crippen LogP contribution < -0.4 is 10.9 Å². The highest BCUT2D eigenvalue weighted by molar-refractivity contribution is 5.41. The van der Waals surface area contributed by atoms with Crippen molar-refractivity contribution in [3.05, 3.63) is 60.7 Å². The molecular formula is C14H16N6. The summed E-state index contributed by atoms with van der Waals surface area (Å²) in [7, 11) is 0. The normalized spacial score (nSPS) is 11.0. The second kappa shape index (κ2) is 8.36. The van der Waals surface area contributed by atoms with Crippen molar-refractivity contribution in [2.75, 3.05) is 23.9 Å². The maximum atomic E-state index is 3.94. The Balaban J connectivity index is 1.59. The second-order valence-electron chi connectivity index (χ2n) is 3.89. The molecule has 0 saturated carbocycles. The van der Waals surface area contributed by atoms with Crippen LogP contribution in [-0.4, -0.2) is 13.1 Å². The molecule has 2 rings (SSSR count). The van der Waals surface area contributed by atoms with Gasteiger partial charge < -0.3 is 0 Å². The Labute approximate surface area is 117 Å². The number of hydrogen-bond acceptors (Lipinski definition) is 4. The number of nitrogens with zero attached hydrogens (tertiary/aromatic N) is 4. The van der Waals surface area contributed by atoms with Crippen LogP contribution in [0.2, 0.25) is 0 Å². The molecule has 0 spiro atoms. The van der Waals surface area contributed by atoms with Crippen LogP contribution >= 0.6 is 0 Å². The van der Waals surface area contributed by atoms with Crippen LogP contribution in [0.15, 0.2) is 81.3 Å². The summed E-state index contributed by atoms with van der Waals surface area (Å²) in [4.78, 5) is 0. The largest absolute Gasteiger partial charge is 0.260 e. The molecule has 0 saturated heterocycles. The van der Waals surface area contributed by atoms with Crippen molar-refractivity contribution in [3.8, 4) is 0 Å². The Hall–Kier alpha value is -2.76. The summed E-state index contributed by atoms with van der Waals surface area (Å²) >= 11 is 0. The van der Waals surface area contributed by atoms with Crippen LogP contribution in [0.5, 0.6) is 0 Å². The third-order valence-electron chi connectivity index (χ3n) is 2.35. The molecule has 0 atom stereocenters. The van der Waals surface area contributed by atoms with E-state index < -0.39 is 0 Å². The van der Waals surface area contributed by atoms with Gasteiger partial charge in [-0.2, -0.15) is 10.2 Å². The molecule has 2 N–H and O–H groups in total. The quantitative estimate of drug-likeness (QED) is 0.453. The lowest BCUT2D eigenvalue weighted by Gasteiger charge is -1.97. The maximum Gasteiger partial charge on any atom is 0.0834 e. The van der Waals surface area contributed by atoms with Crippen LogP contribution in [-0.2, 0) is 0 Å². The van der Waals surface area contributed by atoms with Gasteiger partial charge in [-0.15, -0.1) is 0 Å². The molecule has 102 valence electrons. The summed E-state index contributed by atoms with van der Waals surface area (Å²) in [5.74, 6) is 0. The van der Waals surface area contributed by atoms with Crippen molar-refractivity contribution in [3.63, 3.8) is 0 Å². The molecule has 2 aromatic carbocycles. The highest BCUT2D eigenvalue weighted by Crippen LogP contribution is 2.05. The van der Waals surface area contributed by atoms with Crippen molar-refractivity contribution in [1.82, 2.24) is 0 Å². The van der Waals surface area contributed by atoms with E-state index in [0.717, 1.165) is 11.4 Å². The van der Waals surface area contributed by atoms with Gasteiger partial charge in [-0.25, -0.2) is 0 Å². The van der Waals surface area contributed by atoms with Crippen molar-refractivity contribution < 1.29 is 0 Å². The zero-order valence-electron chi connectivity index (χ0n) is 11.0. The Bertz CT molecular complexity index is 487. The first-order valence-corrected chi connectivity index (χ1v) is 6.30. The van der Waals surface area contributed by atoms with Crippen molar-refractivity contribution in [1.29, 1.82) is 0 Å². The lowest BCUT2D eigenvalue weighted by Crippen LogP contribution is -1.91. The van der Waals surface area contributed by atoms with Gasteiger partial charge in [0.2, 0.25) is 0 Å². The van der Waals surface area contributed by atoms with E-state index in [9.17, 15) is 0 Å². The van der Waals surface area contributed by atoms with Gasteiger partial charge in [0.1, 0.15) is 0 Å². The third kappa shape index (κ3) is 5.26. The number of nitrogens with one attached hydrogen (secondary N) is 2. The fraction of sp³-hybridized carbons (Fsp3) is 0.143. The average molecular weight is 268 g/mol. The minimum absolute atomic E-state index is 0.486. The standard InChI is InChI=1S/C14H16N6/c1-3-7-13(8-4-1)17-19-15-11-12-16-20-18-14-9-5-2-6-10-14/h1-10H,11-12H2,(H,15,17)(H,16,18). The first kappa shape index (κ1) is 13.7. The number of anilines is 2. The summed E-state index contributed by atoms with van der Waals surface area (Å²) in [6.45, 7) is 0.972. The lowest BCUT2D eigenvalue weighted by atomic mass is 10.3. The zero-order chi connectivity index (χ0) is 13.9. The Morgan fingerprint density at radius 1 is 0.600 bits per heavy atom. The predicted octanol–water partition coefficient (Wildman–Crippen LogP) is 3.95. The lowest BCUT2D eigenvalue weighted by molar-refractivity contribution is 0.843. The Morgan fingerprint density at radius 2 is 1.00 bits per heavy atom. The monoisotopic (exact) mass is 268 g/mol. The third-order valence-corrected chi connectivity index (χ3v) is 2.35. The molecule has 0 unspecified atom stereocenters. The highest BCUT2D eigenvalue weighted by Gasteiger charge is 1.86. The van der Waals surface area contributed by atoms with Crippen LogP contribution in [0, 0.1) is 0 Å². The van der Waals surface area contributed by atoms with Gasteiger partial charge in [-0.1, -0.05) is 46.8 Å². The van der Waals surface area contributed by atoms with Crippen LogP contribution in [0.3, 0.4) is 0 Å². The van der Waals surface area contributed by atoms with Gasteiger partial charge >= 0.3 is 0 Å². The summed E-state index contributed by atoms with van der Waals surface area (Å²) in [6.07, 6.45) is 0. The van der Waals surface area contributed by atoms with E-state index in [2.05, 4.69) is 31.5 Å². The minimum Gasteiger partial charge on any atom is -0.260 e. The summed E-state index contributed by atoms with van der Waals surface area (Å²) in [5.41, 5.74) is 7.48. The molecule has 0 aliphatic carbocycles. The van der Waals surface area contributed by atoms with Gasteiger partial charge in [-0.05, 0) is 24.3 Å². The van der Waals surface area contributed by atoms with Gasteiger partial charge in [0.25, 0.3) is 0 Å². The number of rotatable bonds is 7.